The van der Waals surface area contributed by atoms with E-state index in [0.717, 1.165) is 69.8 Å². The Bertz CT molecular complexity index is 852. The molecule has 1 aromatic rings. The van der Waals surface area contributed by atoms with Gasteiger partial charge in [-0.2, -0.15) is 0 Å². The Balaban J connectivity index is 1.59. The van der Waals surface area contributed by atoms with Crippen LogP contribution in [0, 0.1) is 11.8 Å². The van der Waals surface area contributed by atoms with Crippen molar-refractivity contribution < 1.29 is 4.79 Å². The first-order valence-corrected chi connectivity index (χ1v) is 12.1. The zero-order chi connectivity index (χ0) is 23.3. The number of piperazine rings is 1. The van der Waals surface area contributed by atoms with Crippen LogP contribution in [0.1, 0.15) is 36.9 Å². The topological polar surface area (TPSA) is 42.1 Å². The molecular formula is C24H35Cl2N5O. The lowest BCUT2D eigenvalue weighted by Crippen LogP contribution is -2.48. The second-order valence-electron chi connectivity index (χ2n) is 9.03. The van der Waals surface area contributed by atoms with E-state index in [1.807, 2.05) is 31.0 Å². The van der Waals surface area contributed by atoms with Crippen LogP contribution in [0.5, 0.6) is 0 Å². The average molecular weight is 480 g/mol. The van der Waals surface area contributed by atoms with E-state index >= 15 is 0 Å². The van der Waals surface area contributed by atoms with Gasteiger partial charge < -0.3 is 20.0 Å². The second-order valence-corrected chi connectivity index (χ2v) is 9.78. The van der Waals surface area contributed by atoms with Crippen molar-refractivity contribution in [3.63, 3.8) is 0 Å². The largest absolute Gasteiger partial charge is 0.331 e. The normalized spacial score (nSPS) is 19.8. The fourth-order valence-electron chi connectivity index (χ4n) is 4.16. The number of likely N-dealkylation sites (N-methyl/N-ethyl adjacent to an activating group) is 1. The molecule has 1 aromatic carbocycles. The molecule has 1 N–H and O–H groups in total. The number of rotatable bonds is 4. The first-order valence-electron chi connectivity index (χ1n) is 11.4. The highest BCUT2D eigenvalue weighted by Crippen LogP contribution is 2.32. The summed E-state index contributed by atoms with van der Waals surface area (Å²) in [5, 5.41) is 3.96. The van der Waals surface area contributed by atoms with E-state index in [-0.39, 0.29) is 18.1 Å². The fourth-order valence-corrected chi connectivity index (χ4v) is 4.71. The third-order valence-electron chi connectivity index (χ3n) is 6.60. The zero-order valence-corrected chi connectivity index (χ0v) is 21.1. The molecular weight excluding hydrogens is 445 g/mol. The van der Waals surface area contributed by atoms with E-state index in [1.54, 1.807) is 0 Å². The van der Waals surface area contributed by atoms with Gasteiger partial charge in [-0.1, -0.05) is 41.1 Å². The van der Waals surface area contributed by atoms with Crippen LogP contribution >= 0.6 is 23.2 Å². The van der Waals surface area contributed by atoms with Crippen molar-refractivity contribution in [3.05, 3.63) is 33.3 Å². The van der Waals surface area contributed by atoms with Gasteiger partial charge >= 0.3 is 6.03 Å². The molecule has 1 unspecified atom stereocenters. The molecule has 1 atom stereocenters. The van der Waals surface area contributed by atoms with E-state index in [1.165, 1.54) is 0 Å². The highest BCUT2D eigenvalue weighted by molar-refractivity contribution is 6.43. The van der Waals surface area contributed by atoms with Crippen LogP contribution in [0.2, 0.25) is 10.0 Å². The molecule has 8 heteroatoms. The smallest absolute Gasteiger partial charge is 0.317 e. The number of piperidine rings is 1. The van der Waals surface area contributed by atoms with Crippen LogP contribution in [0.15, 0.2) is 12.1 Å². The minimum atomic E-state index is -0.256. The van der Waals surface area contributed by atoms with Gasteiger partial charge in [0, 0.05) is 44.8 Å². The summed E-state index contributed by atoms with van der Waals surface area (Å²) in [5.74, 6) is 6.39. The Morgan fingerprint density at radius 1 is 1.09 bits per heavy atom. The van der Waals surface area contributed by atoms with Crippen LogP contribution in [-0.4, -0.2) is 98.6 Å². The highest BCUT2D eigenvalue weighted by atomic mass is 35.5. The van der Waals surface area contributed by atoms with E-state index in [9.17, 15) is 4.79 Å². The average Bonchev–Trinajstić information content (AvgIpc) is 2.78. The number of benzene rings is 1. The second kappa shape index (κ2) is 11.6. The third kappa shape index (κ3) is 6.52. The van der Waals surface area contributed by atoms with Crippen molar-refractivity contribution in [2.75, 3.05) is 67.0 Å². The Morgan fingerprint density at radius 2 is 1.72 bits per heavy atom. The van der Waals surface area contributed by atoms with Gasteiger partial charge in [-0.3, -0.25) is 4.90 Å². The van der Waals surface area contributed by atoms with E-state index in [0.29, 0.717) is 10.0 Å². The first-order chi connectivity index (χ1) is 15.3. The summed E-state index contributed by atoms with van der Waals surface area (Å²) in [6.45, 7) is 8.87. The lowest BCUT2D eigenvalue weighted by Gasteiger charge is -2.35. The number of hydrogen-bond donors (Lipinski definition) is 1. The lowest BCUT2D eigenvalue weighted by molar-refractivity contribution is 0.146. The van der Waals surface area contributed by atoms with E-state index in [2.05, 4.69) is 46.0 Å². The van der Waals surface area contributed by atoms with Gasteiger partial charge in [0.2, 0.25) is 0 Å². The lowest BCUT2D eigenvalue weighted by atomic mass is 10.0. The number of carbonyl (C=O) groups is 1. The van der Waals surface area contributed by atoms with Gasteiger partial charge in [0.25, 0.3) is 0 Å². The van der Waals surface area contributed by atoms with Crippen LogP contribution in [0.25, 0.3) is 0 Å². The molecule has 0 saturated carbocycles. The van der Waals surface area contributed by atoms with Gasteiger partial charge in [0.05, 0.1) is 22.6 Å². The minimum Gasteiger partial charge on any atom is -0.331 e. The van der Waals surface area contributed by atoms with Crippen LogP contribution in [0.3, 0.4) is 0 Å². The summed E-state index contributed by atoms with van der Waals surface area (Å²) in [5.41, 5.74) is 1.52. The summed E-state index contributed by atoms with van der Waals surface area (Å²) >= 11 is 13.1. The first kappa shape index (κ1) is 25.1. The van der Waals surface area contributed by atoms with Crippen molar-refractivity contribution >= 4 is 29.2 Å². The van der Waals surface area contributed by atoms with Crippen molar-refractivity contribution in [3.8, 4) is 11.8 Å². The summed E-state index contributed by atoms with van der Waals surface area (Å²) in [4.78, 5) is 21.6. The number of amides is 2. The molecule has 0 spiro atoms. The summed E-state index contributed by atoms with van der Waals surface area (Å²) in [6, 6.07) is 3.72. The highest BCUT2D eigenvalue weighted by Gasteiger charge is 2.25. The maximum Gasteiger partial charge on any atom is 0.317 e. The van der Waals surface area contributed by atoms with Gasteiger partial charge in [-0.05, 0) is 58.6 Å². The van der Waals surface area contributed by atoms with Gasteiger partial charge in [0.1, 0.15) is 0 Å². The molecule has 0 aliphatic carbocycles. The van der Waals surface area contributed by atoms with Crippen LogP contribution in [-0.2, 0) is 0 Å². The predicted molar refractivity (Wildman–Crippen MR) is 133 cm³/mol. The number of nitrogens with one attached hydrogen (secondary N) is 1. The molecule has 2 amide bonds. The molecule has 2 fully saturated rings. The summed E-state index contributed by atoms with van der Waals surface area (Å²) in [7, 11) is 6.12. The summed E-state index contributed by atoms with van der Waals surface area (Å²) < 4.78 is 0. The monoisotopic (exact) mass is 479 g/mol. The van der Waals surface area contributed by atoms with Gasteiger partial charge in [-0.25, -0.2) is 4.79 Å². The molecule has 6 nitrogen and oxygen atoms in total. The molecule has 2 aliphatic heterocycles. The number of carbonyl (C=O) groups excluding carboxylic acids is 1. The minimum absolute atomic E-state index is 0.0877. The number of urea groups is 1. The predicted octanol–water partition coefficient (Wildman–Crippen LogP) is 3.39. The molecule has 176 valence electrons. The van der Waals surface area contributed by atoms with E-state index in [4.69, 9.17) is 23.2 Å². The quantitative estimate of drug-likeness (QED) is 0.671. The number of nitrogens with zero attached hydrogens (tertiary/aromatic N) is 4. The van der Waals surface area contributed by atoms with Crippen molar-refractivity contribution in [1.29, 1.82) is 0 Å². The Hall–Kier alpha value is -1.49. The molecule has 2 heterocycles. The fraction of sp³-hybridized carbons (Fsp3) is 0.625. The van der Waals surface area contributed by atoms with Crippen molar-refractivity contribution in [1.82, 2.24) is 24.9 Å². The van der Waals surface area contributed by atoms with Crippen LogP contribution < -0.4 is 5.32 Å². The zero-order valence-electron chi connectivity index (χ0n) is 19.6. The number of likely N-dealkylation sites (tertiary alicyclic amines) is 1. The molecule has 32 heavy (non-hydrogen) atoms. The maximum atomic E-state index is 12.8. The number of halogens is 2. The van der Waals surface area contributed by atoms with Gasteiger partial charge in [0.15, 0.2) is 0 Å². The van der Waals surface area contributed by atoms with Crippen molar-refractivity contribution in [2.45, 2.75) is 31.8 Å². The standard InChI is InChI=1S/C24H35Cl2N5O/c1-18(27-24(32)30(4)20-9-12-28(2)13-10-20)21-8-7-19(22(25)23(21)26)6-5-11-31-16-14-29(3)15-17-31/h7-8,18,20H,9-17H2,1-4H3,(H,27,32). The third-order valence-corrected chi connectivity index (χ3v) is 7.49. The van der Waals surface area contributed by atoms with E-state index < -0.39 is 0 Å². The van der Waals surface area contributed by atoms with Crippen molar-refractivity contribution in [2.24, 2.45) is 0 Å². The molecule has 2 saturated heterocycles. The van der Waals surface area contributed by atoms with Crippen LogP contribution in [0.4, 0.5) is 4.79 Å². The Kier molecular flexibility index (Phi) is 9.10. The molecule has 0 aromatic heterocycles. The Morgan fingerprint density at radius 3 is 2.38 bits per heavy atom. The summed E-state index contributed by atoms with van der Waals surface area (Å²) in [6.07, 6.45) is 1.98. The Labute approximate surface area is 202 Å². The molecule has 2 aliphatic rings. The molecule has 0 bridgehead atoms. The number of hydrogen-bond acceptors (Lipinski definition) is 4. The van der Waals surface area contributed by atoms with Gasteiger partial charge in [-0.15, -0.1) is 0 Å². The maximum absolute atomic E-state index is 12.8. The SMILES string of the molecule is CC(NC(=O)N(C)C1CCN(C)CC1)c1ccc(C#CCN2CCN(C)CC2)c(Cl)c1Cl. The molecule has 3 rings (SSSR count). The molecule has 0 radical (unpaired) electrons.